The first-order valence-electron chi connectivity index (χ1n) is 8.33. The number of benzene rings is 3. The predicted molar refractivity (Wildman–Crippen MR) is 102 cm³/mol. The van der Waals surface area contributed by atoms with Gasteiger partial charge in [0.2, 0.25) is 0 Å². The highest BCUT2D eigenvalue weighted by Crippen LogP contribution is 2.17. The van der Waals surface area contributed by atoms with Crippen LogP contribution in [-0.2, 0) is 4.65 Å². The quantitative estimate of drug-likeness (QED) is 0.677. The molecule has 2 nitrogen and oxygen atoms in total. The molecule has 0 aromatic heterocycles. The Morgan fingerprint density at radius 3 is 1.67 bits per heavy atom. The maximum atomic E-state index is 6.59. The van der Waals surface area contributed by atoms with Gasteiger partial charge in [0.05, 0.1) is 6.10 Å². The largest absolute Gasteiger partial charge is 0.419 e. The van der Waals surface area contributed by atoms with E-state index in [0.717, 1.165) is 6.54 Å². The molecule has 3 aromatic carbocycles. The average Bonchev–Trinajstić information content (AvgIpc) is 2.67. The summed E-state index contributed by atoms with van der Waals surface area (Å²) in [6.45, 7) is 0.672. The molecule has 0 aliphatic rings. The van der Waals surface area contributed by atoms with Crippen molar-refractivity contribution >= 4 is 17.8 Å². The van der Waals surface area contributed by atoms with E-state index in [1.807, 2.05) is 25.2 Å². The molecule has 0 saturated carbocycles. The van der Waals surface area contributed by atoms with Crippen molar-refractivity contribution in [3.8, 4) is 0 Å². The van der Waals surface area contributed by atoms with Crippen molar-refractivity contribution in [1.29, 1.82) is 0 Å². The Hall–Kier alpha value is -2.36. The smallest absolute Gasteiger partial charge is 0.362 e. The molecule has 1 atom stereocenters. The Morgan fingerprint density at radius 2 is 1.21 bits per heavy atom. The lowest BCUT2D eigenvalue weighted by atomic mass is 9.55. The van der Waals surface area contributed by atoms with Crippen LogP contribution in [-0.4, -0.2) is 20.5 Å². The van der Waals surface area contributed by atoms with Gasteiger partial charge in [0.15, 0.2) is 0 Å². The summed E-state index contributed by atoms with van der Waals surface area (Å²) in [6.07, 6.45) is -0.0124. The van der Waals surface area contributed by atoms with Crippen LogP contribution < -0.4 is 16.2 Å². The van der Waals surface area contributed by atoms with Gasteiger partial charge in [0.25, 0.3) is 0 Å². The molecule has 0 saturated heterocycles. The Balaban J connectivity index is 1.93. The predicted octanol–water partition coefficient (Wildman–Crippen LogP) is 2.77. The summed E-state index contributed by atoms with van der Waals surface area (Å²) in [7, 11) is 1.96. The van der Waals surface area contributed by atoms with Gasteiger partial charge < -0.3 is 9.97 Å². The fraction of sp³-hybridized carbons (Fsp3) is 0.143. The van der Waals surface area contributed by atoms with Crippen LogP contribution in [0.2, 0.25) is 0 Å². The first-order valence-corrected chi connectivity index (χ1v) is 8.33. The zero-order chi connectivity index (χ0) is 16.6. The number of hydrogen-bond donors (Lipinski definition) is 1. The van der Waals surface area contributed by atoms with Crippen molar-refractivity contribution in [2.75, 3.05) is 13.6 Å². The molecule has 0 radical (unpaired) electrons. The molecule has 1 unspecified atom stereocenters. The molecule has 0 fully saturated rings. The van der Waals surface area contributed by atoms with Gasteiger partial charge in [-0.15, -0.1) is 0 Å². The van der Waals surface area contributed by atoms with Crippen molar-refractivity contribution in [3.05, 3.63) is 96.6 Å². The third-order valence-electron chi connectivity index (χ3n) is 4.07. The monoisotopic (exact) mass is 315 g/mol. The molecular weight excluding hydrogens is 293 g/mol. The molecule has 1 N–H and O–H groups in total. The molecule has 24 heavy (non-hydrogen) atoms. The van der Waals surface area contributed by atoms with Crippen molar-refractivity contribution in [1.82, 2.24) is 5.32 Å². The van der Waals surface area contributed by atoms with Crippen LogP contribution in [0.15, 0.2) is 91.0 Å². The third kappa shape index (κ3) is 4.13. The first kappa shape index (κ1) is 16.5. The minimum atomic E-state index is -0.0917. The molecule has 0 heterocycles. The molecule has 0 bridgehead atoms. The SMILES string of the molecule is CNCC(OB(c1ccccc1)c1ccccc1)c1ccccc1. The highest BCUT2D eigenvalue weighted by Gasteiger charge is 2.25. The van der Waals surface area contributed by atoms with E-state index in [2.05, 4.69) is 78.1 Å². The van der Waals surface area contributed by atoms with Crippen LogP contribution in [0, 0.1) is 0 Å². The number of nitrogens with one attached hydrogen (secondary N) is 1. The lowest BCUT2D eigenvalue weighted by Gasteiger charge is -2.24. The van der Waals surface area contributed by atoms with Crippen molar-refractivity contribution in [2.24, 2.45) is 0 Å². The molecule has 3 heteroatoms. The standard InChI is InChI=1S/C21H22BNO/c1-23-17-21(18-11-5-2-6-12-18)24-22(19-13-7-3-8-14-19)20-15-9-4-10-16-20/h2-16,21,23H,17H2,1H3. The minimum Gasteiger partial charge on any atom is -0.419 e. The molecule has 0 amide bonds. The summed E-state index contributed by atoms with van der Waals surface area (Å²) >= 11 is 0. The number of hydrogen-bond acceptors (Lipinski definition) is 2. The van der Waals surface area contributed by atoms with E-state index in [1.54, 1.807) is 0 Å². The Kier molecular flexibility index (Phi) is 5.83. The molecule has 3 rings (SSSR count). The van der Waals surface area contributed by atoms with Gasteiger partial charge >= 0.3 is 6.92 Å². The Bertz CT molecular complexity index is 679. The normalized spacial score (nSPS) is 11.9. The molecule has 0 aliphatic heterocycles. The lowest BCUT2D eigenvalue weighted by Crippen LogP contribution is -2.46. The lowest BCUT2D eigenvalue weighted by molar-refractivity contribution is 0.213. The zero-order valence-electron chi connectivity index (χ0n) is 13.9. The molecular formula is C21H22BNO. The molecule has 0 spiro atoms. The van der Waals surface area contributed by atoms with Gasteiger partial charge in [-0.05, 0) is 23.5 Å². The van der Waals surface area contributed by atoms with Crippen LogP contribution in [0.25, 0.3) is 0 Å². The Morgan fingerprint density at radius 1 is 0.750 bits per heavy atom. The van der Waals surface area contributed by atoms with Crippen LogP contribution in [0.5, 0.6) is 0 Å². The van der Waals surface area contributed by atoms with E-state index >= 15 is 0 Å². The van der Waals surface area contributed by atoms with Crippen molar-refractivity contribution in [3.63, 3.8) is 0 Å². The summed E-state index contributed by atoms with van der Waals surface area (Å²) in [5, 5.41) is 3.25. The molecule has 0 aliphatic carbocycles. The second-order valence-corrected chi connectivity index (χ2v) is 5.79. The highest BCUT2D eigenvalue weighted by atomic mass is 16.4. The van der Waals surface area contributed by atoms with Crippen LogP contribution in [0.1, 0.15) is 11.7 Å². The third-order valence-corrected chi connectivity index (χ3v) is 4.07. The highest BCUT2D eigenvalue weighted by molar-refractivity contribution is 6.80. The van der Waals surface area contributed by atoms with Gasteiger partial charge in [0, 0.05) is 6.54 Å². The Labute approximate surface area is 144 Å². The maximum Gasteiger partial charge on any atom is 0.362 e. The van der Waals surface area contributed by atoms with Gasteiger partial charge in [-0.2, -0.15) is 0 Å². The van der Waals surface area contributed by atoms with E-state index in [-0.39, 0.29) is 13.0 Å². The summed E-state index contributed by atoms with van der Waals surface area (Å²) in [6, 6.07) is 31.2. The van der Waals surface area contributed by atoms with E-state index in [4.69, 9.17) is 4.65 Å². The van der Waals surface area contributed by atoms with Crippen molar-refractivity contribution in [2.45, 2.75) is 6.10 Å². The van der Waals surface area contributed by atoms with E-state index in [9.17, 15) is 0 Å². The number of rotatable bonds is 7. The summed E-state index contributed by atoms with van der Waals surface area (Å²) in [4.78, 5) is 0. The van der Waals surface area contributed by atoms with E-state index < -0.39 is 0 Å². The van der Waals surface area contributed by atoms with Crippen LogP contribution in [0.4, 0.5) is 0 Å². The fourth-order valence-electron chi connectivity index (χ4n) is 2.87. The van der Waals surface area contributed by atoms with Gasteiger partial charge in [-0.25, -0.2) is 0 Å². The van der Waals surface area contributed by atoms with Gasteiger partial charge in [0.1, 0.15) is 0 Å². The van der Waals surface area contributed by atoms with Gasteiger partial charge in [-0.1, -0.05) is 91.0 Å². The van der Waals surface area contributed by atoms with Crippen LogP contribution >= 0.6 is 0 Å². The summed E-state index contributed by atoms with van der Waals surface area (Å²) < 4.78 is 6.59. The number of likely N-dealkylation sites (N-methyl/N-ethyl adjacent to an activating group) is 1. The van der Waals surface area contributed by atoms with E-state index in [0.29, 0.717) is 0 Å². The average molecular weight is 315 g/mol. The molecule has 3 aromatic rings. The zero-order valence-corrected chi connectivity index (χ0v) is 13.9. The first-order chi connectivity index (χ1) is 11.9. The molecule has 120 valence electrons. The fourth-order valence-corrected chi connectivity index (χ4v) is 2.87. The van der Waals surface area contributed by atoms with Crippen LogP contribution in [0.3, 0.4) is 0 Å². The van der Waals surface area contributed by atoms with E-state index in [1.165, 1.54) is 16.5 Å². The second kappa shape index (κ2) is 8.48. The van der Waals surface area contributed by atoms with Gasteiger partial charge in [-0.3, -0.25) is 0 Å². The maximum absolute atomic E-state index is 6.59. The summed E-state index contributed by atoms with van der Waals surface area (Å²) in [5.41, 5.74) is 3.52. The topological polar surface area (TPSA) is 21.3 Å². The minimum absolute atomic E-state index is 0.0124. The second-order valence-electron chi connectivity index (χ2n) is 5.79. The summed E-state index contributed by atoms with van der Waals surface area (Å²) in [5.74, 6) is 0. The van der Waals surface area contributed by atoms with Crippen molar-refractivity contribution < 1.29 is 4.65 Å².